The molecule has 5 aliphatic rings. The van der Waals surface area contributed by atoms with Crippen LogP contribution in [0.25, 0.3) is 4.85 Å². The van der Waals surface area contributed by atoms with Gasteiger partial charge in [0.2, 0.25) is 0 Å². The van der Waals surface area contributed by atoms with E-state index in [2.05, 4.69) is 24.6 Å². The van der Waals surface area contributed by atoms with Crippen molar-refractivity contribution in [2.75, 3.05) is 39.6 Å². The highest BCUT2D eigenvalue weighted by atomic mass is 32.2. The number of hydrogen-bond donors (Lipinski definition) is 0. The molecule has 1 aromatic rings. The average molecular weight is 1090 g/mol. The van der Waals surface area contributed by atoms with Gasteiger partial charge in [-0.1, -0.05) is 43.3 Å². The van der Waals surface area contributed by atoms with Crippen LogP contribution in [0, 0.1) is 53.9 Å². The van der Waals surface area contributed by atoms with E-state index < -0.39 is 23.9 Å². The molecule has 4 saturated carbocycles. The first-order chi connectivity index (χ1) is 36.8. The molecular formula is C57H71NO16S2. The van der Waals surface area contributed by atoms with Crippen LogP contribution >= 0.6 is 23.5 Å². The molecule has 6 rings (SSSR count). The second-order valence-electron chi connectivity index (χ2n) is 20.0. The van der Waals surface area contributed by atoms with E-state index in [1.807, 2.05) is 0 Å². The molecule has 76 heavy (non-hydrogen) atoms. The lowest BCUT2D eigenvalue weighted by molar-refractivity contribution is -0.151. The van der Waals surface area contributed by atoms with E-state index in [-0.39, 0.29) is 109 Å². The normalized spacial score (nSPS) is 23.9. The Kier molecular flexibility index (Phi) is 24.0. The van der Waals surface area contributed by atoms with Crippen molar-refractivity contribution in [1.29, 1.82) is 0 Å². The van der Waals surface area contributed by atoms with Crippen LogP contribution in [0.5, 0.6) is 11.5 Å². The minimum Gasteiger partial charge on any atom is -0.467 e. The quantitative estimate of drug-likeness (QED) is 0.0222. The number of fused-ring (bicyclic) bond motifs is 1. The first-order valence-corrected chi connectivity index (χ1v) is 28.4. The van der Waals surface area contributed by atoms with Crippen LogP contribution in [0.15, 0.2) is 69.8 Å². The second kappa shape index (κ2) is 30.8. The smallest absolute Gasteiger partial charge is 0.338 e. The summed E-state index contributed by atoms with van der Waals surface area (Å²) in [6, 6.07) is 3.17. The molecule has 0 spiro atoms. The van der Waals surface area contributed by atoms with Crippen LogP contribution in [0.3, 0.4) is 0 Å². The number of rotatable bonds is 25. The minimum atomic E-state index is -0.935. The average Bonchev–Trinajstić information content (AvgIpc) is 3.91. The summed E-state index contributed by atoms with van der Waals surface area (Å²) in [7, 11) is 0. The molecule has 1 aliphatic heterocycles. The molecule has 0 atom stereocenters. The lowest BCUT2D eigenvalue weighted by Gasteiger charge is -2.36. The minimum absolute atomic E-state index is 0.133. The molecule has 0 unspecified atom stereocenters. The van der Waals surface area contributed by atoms with Crippen LogP contribution in [0.4, 0.5) is 0 Å². The Morgan fingerprint density at radius 3 is 1.08 bits per heavy atom. The number of unbranched alkanes of at least 4 members (excludes halogenated alkanes) is 2. The molecule has 0 radical (unpaired) electrons. The zero-order chi connectivity index (χ0) is 54.4. The number of esters is 8. The number of thioether (sulfide) groups is 2. The van der Waals surface area contributed by atoms with Crippen molar-refractivity contribution in [1.82, 2.24) is 0 Å². The van der Waals surface area contributed by atoms with E-state index in [0.29, 0.717) is 84.8 Å². The van der Waals surface area contributed by atoms with Gasteiger partial charge in [-0.3, -0.25) is 24.0 Å². The van der Waals surface area contributed by atoms with Gasteiger partial charge < -0.3 is 37.9 Å². The Labute approximate surface area is 453 Å². The fourth-order valence-electron chi connectivity index (χ4n) is 10.9. The highest BCUT2D eigenvalue weighted by Crippen LogP contribution is 2.59. The molecule has 412 valence electrons. The van der Waals surface area contributed by atoms with E-state index in [9.17, 15) is 38.4 Å². The molecule has 0 amide bonds. The number of benzene rings is 1. The Morgan fingerprint density at radius 1 is 0.447 bits per heavy atom. The SMILES string of the molecule is [C-]#[N+]C(C(=O)OCCOC(=O)C=C)=C1Sc2c(OC(=O)C3CCC(C4CCC(C(=O)OCCCCOC(=O)C=C)CC4)CC3)ccc(OC(=O)C3CCC(C4CCC(C(=O)OCCCCOC(=O)C=C)CC4)CC3)c2S1. The highest BCUT2D eigenvalue weighted by Gasteiger charge is 2.39. The molecule has 0 bridgehead atoms. The summed E-state index contributed by atoms with van der Waals surface area (Å²) >= 11 is 2.11. The predicted molar refractivity (Wildman–Crippen MR) is 280 cm³/mol. The van der Waals surface area contributed by atoms with Gasteiger partial charge in [0.1, 0.15) is 24.7 Å². The standard InChI is InChI=1S/C57H71NO16S2/c1-5-46(59)67-30-8-10-32-70-52(62)40-20-12-36(13-21-40)38-16-24-42(25-17-38)54(64)73-44-28-29-45(51-50(44)75-57(76-51)49(58-4)56(66)72-35-34-69-48(61)7-3)74-55(65)43-26-18-39(19-27-43)37-14-22-41(23-15-37)53(63)71-33-11-9-31-68-47(60)6-2/h5-7,28-29,36-43H,1-3,8-27,30-35H2. The van der Waals surface area contributed by atoms with Crippen molar-refractivity contribution in [3.63, 3.8) is 0 Å². The van der Waals surface area contributed by atoms with Crippen LogP contribution in [-0.4, -0.2) is 87.4 Å². The predicted octanol–water partition coefficient (Wildman–Crippen LogP) is 10.4. The third kappa shape index (κ3) is 17.6. The molecule has 17 nitrogen and oxygen atoms in total. The zero-order valence-electron chi connectivity index (χ0n) is 43.3. The summed E-state index contributed by atoms with van der Waals surface area (Å²) in [6.45, 7) is 18.5. The van der Waals surface area contributed by atoms with Gasteiger partial charge in [0.05, 0.1) is 70.7 Å². The van der Waals surface area contributed by atoms with Gasteiger partial charge in [0.25, 0.3) is 5.70 Å². The van der Waals surface area contributed by atoms with Gasteiger partial charge in [-0.15, -0.1) is 0 Å². The fourth-order valence-corrected chi connectivity index (χ4v) is 13.4. The third-order valence-corrected chi connectivity index (χ3v) is 17.8. The summed E-state index contributed by atoms with van der Waals surface area (Å²) in [5.74, 6) is -2.46. The van der Waals surface area contributed by atoms with Gasteiger partial charge in [0, 0.05) is 18.2 Å². The molecule has 19 heteroatoms. The summed E-state index contributed by atoms with van der Waals surface area (Å²) in [6.07, 6.45) is 18.3. The van der Waals surface area contributed by atoms with Crippen LogP contribution in [-0.2, 0) is 66.8 Å². The molecule has 4 fully saturated rings. The van der Waals surface area contributed by atoms with Crippen LogP contribution < -0.4 is 9.47 Å². The van der Waals surface area contributed by atoms with Crippen molar-refractivity contribution in [3.8, 4) is 11.5 Å². The second-order valence-corrected chi connectivity index (χ2v) is 22.3. The summed E-state index contributed by atoms with van der Waals surface area (Å²) < 4.78 is 43.6. The maximum absolute atomic E-state index is 13.9. The third-order valence-electron chi connectivity index (χ3n) is 15.2. The van der Waals surface area contributed by atoms with Crippen molar-refractivity contribution in [2.24, 2.45) is 47.3 Å². The van der Waals surface area contributed by atoms with E-state index in [4.69, 9.17) is 44.5 Å². The van der Waals surface area contributed by atoms with Gasteiger partial charge in [0.15, 0.2) is 0 Å². The zero-order valence-corrected chi connectivity index (χ0v) is 44.9. The van der Waals surface area contributed by atoms with Crippen molar-refractivity contribution < 1.29 is 76.3 Å². The van der Waals surface area contributed by atoms with E-state index in [1.54, 1.807) is 12.1 Å². The van der Waals surface area contributed by atoms with Crippen molar-refractivity contribution >= 4 is 71.3 Å². The Balaban J connectivity index is 1.00. The largest absolute Gasteiger partial charge is 0.467 e. The van der Waals surface area contributed by atoms with Gasteiger partial charge in [-0.2, -0.15) is 0 Å². The van der Waals surface area contributed by atoms with Crippen molar-refractivity contribution in [2.45, 2.75) is 138 Å². The van der Waals surface area contributed by atoms with Gasteiger partial charge >= 0.3 is 47.8 Å². The number of ether oxygens (including phenoxy) is 8. The Morgan fingerprint density at radius 2 is 0.750 bits per heavy atom. The molecular weight excluding hydrogens is 1020 g/mol. The van der Waals surface area contributed by atoms with Gasteiger partial charge in [-0.05, 0) is 164 Å². The Bertz CT molecular complexity index is 2210. The van der Waals surface area contributed by atoms with Crippen LogP contribution in [0.1, 0.15) is 128 Å². The first-order valence-electron chi connectivity index (χ1n) is 26.8. The summed E-state index contributed by atoms with van der Waals surface area (Å²) in [4.78, 5) is 105. The summed E-state index contributed by atoms with van der Waals surface area (Å²) in [5, 5.41) is 0. The van der Waals surface area contributed by atoms with E-state index in [1.165, 1.54) is 0 Å². The highest BCUT2D eigenvalue weighted by molar-refractivity contribution is 8.24. The topological polar surface area (TPSA) is 215 Å². The molecule has 1 aromatic carbocycles. The molecule has 0 aromatic heterocycles. The first kappa shape index (κ1) is 59.4. The van der Waals surface area contributed by atoms with Gasteiger partial charge in [-0.25, -0.2) is 19.2 Å². The summed E-state index contributed by atoms with van der Waals surface area (Å²) in [5.41, 5.74) is -0.328. The fraction of sp³-hybridized carbons (Fsp3) is 0.596. The lowest BCUT2D eigenvalue weighted by atomic mass is 9.69. The van der Waals surface area contributed by atoms with Crippen LogP contribution in [0.2, 0.25) is 0 Å². The molecule has 0 N–H and O–H groups in total. The maximum Gasteiger partial charge on any atom is 0.338 e. The Hall–Kier alpha value is -5.87. The number of carbonyl (C=O) groups excluding carboxylic acids is 8. The van der Waals surface area contributed by atoms with E-state index >= 15 is 0 Å². The molecule has 4 aliphatic carbocycles. The number of carbonyl (C=O) groups is 8. The number of nitrogens with zero attached hydrogens (tertiary/aromatic N) is 1. The maximum atomic E-state index is 13.9. The lowest BCUT2D eigenvalue weighted by Crippen LogP contribution is -2.31. The monoisotopic (exact) mass is 1090 g/mol. The van der Waals surface area contributed by atoms with E-state index in [0.717, 1.165) is 119 Å². The number of hydrogen-bond acceptors (Lipinski definition) is 18. The van der Waals surface area contributed by atoms with Crippen molar-refractivity contribution in [3.05, 3.63) is 71.4 Å². The molecule has 1 heterocycles. The molecule has 0 saturated heterocycles.